The molecule has 57 heavy (non-hydrogen) atoms. The SMILES string of the molecule is O=C(CCCN1C(=O)C=CC1=O)NCCCOCCOCCOCCCNC(=O)CNC(=S)Nc1ccc(CNC(=O)CCCC[C@@H]2SC[C@@H]3NC(=O)N[C@@H]32)cc1. The highest BCUT2D eigenvalue weighted by molar-refractivity contribution is 8.00. The van der Waals surface area contributed by atoms with Crippen LogP contribution in [0.4, 0.5) is 10.5 Å². The average Bonchev–Trinajstić information content (AvgIpc) is 3.86. The number of nitrogens with one attached hydrogen (secondary N) is 7. The molecule has 0 spiro atoms. The number of thiocarbonyl (C=S) groups is 1. The highest BCUT2D eigenvalue weighted by atomic mass is 32.2. The van der Waals surface area contributed by atoms with Crippen LogP contribution in [-0.2, 0) is 44.7 Å². The Morgan fingerprint density at radius 3 is 2.04 bits per heavy atom. The number of unbranched alkanes of at least 4 members (excludes halogenated alkanes) is 1. The molecule has 2 fully saturated rings. The largest absolute Gasteiger partial charge is 0.379 e. The summed E-state index contributed by atoms with van der Waals surface area (Å²) in [5.74, 6) is -0.0448. The quantitative estimate of drug-likeness (QED) is 0.0273. The van der Waals surface area contributed by atoms with E-state index in [0.29, 0.717) is 95.3 Å². The van der Waals surface area contributed by atoms with Crippen LogP contribution in [0, 0.1) is 0 Å². The minimum Gasteiger partial charge on any atom is -0.379 e. The Kier molecular flexibility index (Phi) is 20.6. The Morgan fingerprint density at radius 2 is 1.35 bits per heavy atom. The van der Waals surface area contributed by atoms with Gasteiger partial charge in [-0.2, -0.15) is 11.8 Å². The fourth-order valence-corrected chi connectivity index (χ4v) is 7.88. The third-order valence-electron chi connectivity index (χ3n) is 9.20. The van der Waals surface area contributed by atoms with Crippen molar-refractivity contribution in [2.24, 2.45) is 0 Å². The molecule has 3 atom stereocenters. The normalized spacial score (nSPS) is 18.2. The number of imide groups is 1. The van der Waals surface area contributed by atoms with Gasteiger partial charge in [0, 0.05) is 81.1 Å². The Morgan fingerprint density at radius 1 is 0.737 bits per heavy atom. The van der Waals surface area contributed by atoms with Gasteiger partial charge in [-0.25, -0.2) is 4.79 Å². The molecule has 0 aliphatic carbocycles. The van der Waals surface area contributed by atoms with E-state index in [1.165, 1.54) is 12.2 Å². The second kappa shape index (κ2) is 25.9. The molecule has 4 rings (SSSR count). The number of hydrogen-bond donors (Lipinski definition) is 7. The molecule has 1 aromatic rings. The molecule has 2 saturated heterocycles. The molecule has 0 saturated carbocycles. The summed E-state index contributed by atoms with van der Waals surface area (Å²) in [5.41, 5.74) is 1.72. The molecule has 1 aromatic carbocycles. The Bertz CT molecular complexity index is 1520. The van der Waals surface area contributed by atoms with Gasteiger partial charge in [-0.05, 0) is 62.0 Å². The first kappa shape index (κ1) is 45.4. The molecule has 7 amide bonds. The lowest BCUT2D eigenvalue weighted by atomic mass is 10.0. The number of hydrogen-bond acceptors (Lipinski definition) is 11. The van der Waals surface area contributed by atoms with Crippen LogP contribution in [0.1, 0.15) is 56.9 Å². The number of thioether (sulfide) groups is 1. The monoisotopic (exact) mass is 832 g/mol. The number of anilines is 1. The number of rotatable bonds is 28. The number of amides is 7. The zero-order chi connectivity index (χ0) is 40.7. The average molecular weight is 833 g/mol. The van der Waals surface area contributed by atoms with E-state index in [4.69, 9.17) is 26.4 Å². The number of benzene rings is 1. The third-order valence-corrected chi connectivity index (χ3v) is 11.0. The summed E-state index contributed by atoms with van der Waals surface area (Å²) in [6.07, 6.45) is 7.64. The Labute approximate surface area is 343 Å². The van der Waals surface area contributed by atoms with Crippen molar-refractivity contribution >= 4 is 70.3 Å². The van der Waals surface area contributed by atoms with Gasteiger partial charge in [0.25, 0.3) is 11.8 Å². The number of nitrogens with zero attached hydrogens (tertiary/aromatic N) is 1. The molecule has 17 nitrogen and oxygen atoms in total. The van der Waals surface area contributed by atoms with Crippen molar-refractivity contribution < 1.29 is 43.0 Å². The summed E-state index contributed by atoms with van der Waals surface area (Å²) in [6.45, 7) is 4.30. The summed E-state index contributed by atoms with van der Waals surface area (Å²) in [7, 11) is 0. The molecule has 7 N–H and O–H groups in total. The number of carbonyl (C=O) groups excluding carboxylic acids is 6. The van der Waals surface area contributed by atoms with Gasteiger partial charge < -0.3 is 51.4 Å². The fraction of sp³-hybridized carbons (Fsp3) is 0.605. The van der Waals surface area contributed by atoms with Gasteiger partial charge in [0.05, 0.1) is 45.1 Å². The van der Waals surface area contributed by atoms with Crippen LogP contribution in [0.5, 0.6) is 0 Å². The molecule has 3 aliphatic heterocycles. The summed E-state index contributed by atoms with van der Waals surface area (Å²) in [6, 6.07) is 7.88. The lowest BCUT2D eigenvalue weighted by molar-refractivity contribution is -0.137. The molecule has 3 heterocycles. The maximum Gasteiger partial charge on any atom is 0.315 e. The summed E-state index contributed by atoms with van der Waals surface area (Å²) < 4.78 is 16.5. The number of ether oxygens (including phenoxy) is 3. The molecule has 0 aromatic heterocycles. The molecular formula is C38H56N8O9S2. The van der Waals surface area contributed by atoms with E-state index in [1.54, 1.807) is 0 Å². The van der Waals surface area contributed by atoms with Gasteiger partial charge in [-0.15, -0.1) is 0 Å². The Hall–Kier alpha value is -4.30. The maximum atomic E-state index is 12.3. The van der Waals surface area contributed by atoms with Crippen LogP contribution in [-0.4, -0.2) is 134 Å². The lowest BCUT2D eigenvalue weighted by Crippen LogP contribution is -2.39. The zero-order valence-corrected chi connectivity index (χ0v) is 33.9. The predicted octanol–water partition coefficient (Wildman–Crippen LogP) is 1.08. The van der Waals surface area contributed by atoms with Crippen LogP contribution in [0.25, 0.3) is 0 Å². The van der Waals surface area contributed by atoms with Crippen LogP contribution < -0.4 is 37.2 Å². The molecule has 0 radical (unpaired) electrons. The highest BCUT2D eigenvalue weighted by Crippen LogP contribution is 2.33. The molecule has 314 valence electrons. The van der Waals surface area contributed by atoms with Gasteiger partial charge in [0.15, 0.2) is 5.11 Å². The van der Waals surface area contributed by atoms with Gasteiger partial charge >= 0.3 is 6.03 Å². The standard InChI is InChI=1S/C38H56N8O9S2/c47-31(8-3-17-46-34(50)13-14-35(46)51)39-15-4-18-53-20-22-55-23-21-54-19-5-16-40-33(49)25-42-38(56)43-28-11-9-27(10-12-28)24-41-32(48)7-2-1-6-30-36-29(26-57-30)44-37(52)45-36/h9-14,29-30,36H,1-8,15-26H2,(H,39,47)(H,40,49)(H,41,48)(H2,42,43,56)(H2,44,45,52)/t29-,30-,36-/m0/s1. The molecule has 3 aliphatic rings. The predicted molar refractivity (Wildman–Crippen MR) is 219 cm³/mol. The summed E-state index contributed by atoms with van der Waals surface area (Å²) >= 11 is 7.20. The number of carbonyl (C=O) groups is 6. The lowest BCUT2D eigenvalue weighted by Gasteiger charge is -2.16. The zero-order valence-electron chi connectivity index (χ0n) is 32.3. The number of urea groups is 1. The fourth-order valence-electron chi connectivity index (χ4n) is 6.15. The topological polar surface area (TPSA) is 218 Å². The summed E-state index contributed by atoms with van der Waals surface area (Å²) in [5, 5.41) is 21.2. The van der Waals surface area contributed by atoms with Crippen LogP contribution in [0.2, 0.25) is 0 Å². The maximum absolute atomic E-state index is 12.3. The van der Waals surface area contributed by atoms with E-state index in [0.717, 1.165) is 41.2 Å². The smallest absolute Gasteiger partial charge is 0.315 e. The van der Waals surface area contributed by atoms with E-state index in [9.17, 15) is 28.8 Å². The molecular weight excluding hydrogens is 777 g/mol. The van der Waals surface area contributed by atoms with E-state index in [-0.39, 0.29) is 67.2 Å². The second-order valence-electron chi connectivity index (χ2n) is 13.7. The van der Waals surface area contributed by atoms with Gasteiger partial charge in [-0.1, -0.05) is 18.6 Å². The minimum atomic E-state index is -0.341. The first-order valence-corrected chi connectivity index (χ1v) is 21.0. The Balaban J connectivity index is 0.873. The van der Waals surface area contributed by atoms with Crippen molar-refractivity contribution in [3.05, 3.63) is 42.0 Å². The second-order valence-corrected chi connectivity index (χ2v) is 15.3. The van der Waals surface area contributed by atoms with E-state index < -0.39 is 0 Å². The van der Waals surface area contributed by atoms with E-state index >= 15 is 0 Å². The van der Waals surface area contributed by atoms with E-state index in [2.05, 4.69) is 37.2 Å². The molecule has 19 heteroatoms. The van der Waals surface area contributed by atoms with Crippen molar-refractivity contribution in [2.75, 3.05) is 76.9 Å². The van der Waals surface area contributed by atoms with Gasteiger partial charge in [0.1, 0.15) is 0 Å². The van der Waals surface area contributed by atoms with Crippen LogP contribution >= 0.6 is 24.0 Å². The van der Waals surface area contributed by atoms with Gasteiger partial charge in [-0.3, -0.25) is 28.9 Å². The molecule has 0 bridgehead atoms. The summed E-state index contributed by atoms with van der Waals surface area (Å²) in [4.78, 5) is 72.1. The first-order valence-electron chi connectivity index (χ1n) is 19.6. The van der Waals surface area contributed by atoms with Crippen LogP contribution in [0.3, 0.4) is 0 Å². The van der Waals surface area contributed by atoms with Crippen molar-refractivity contribution in [1.29, 1.82) is 0 Å². The van der Waals surface area contributed by atoms with Crippen molar-refractivity contribution in [1.82, 2.24) is 36.8 Å². The van der Waals surface area contributed by atoms with Crippen LogP contribution in [0.15, 0.2) is 36.4 Å². The number of fused-ring (bicyclic) bond motifs is 1. The minimum absolute atomic E-state index is 0.0163. The van der Waals surface area contributed by atoms with Crippen molar-refractivity contribution in [2.45, 2.75) is 75.2 Å². The first-order chi connectivity index (χ1) is 27.7. The van der Waals surface area contributed by atoms with Crippen molar-refractivity contribution in [3.8, 4) is 0 Å². The third kappa shape index (κ3) is 17.8. The van der Waals surface area contributed by atoms with Crippen molar-refractivity contribution in [3.63, 3.8) is 0 Å². The molecule has 0 unspecified atom stereocenters. The van der Waals surface area contributed by atoms with Gasteiger partial charge in [0.2, 0.25) is 17.7 Å². The van der Waals surface area contributed by atoms with E-state index in [1.807, 2.05) is 36.0 Å². The highest BCUT2D eigenvalue weighted by Gasteiger charge is 2.42.